The van der Waals surface area contributed by atoms with E-state index in [0.717, 1.165) is 18.9 Å². The minimum absolute atomic E-state index is 0.312. The highest BCUT2D eigenvalue weighted by atomic mass is 16.8. The maximum absolute atomic E-state index is 11.1. The van der Waals surface area contributed by atoms with E-state index in [1.165, 1.54) is 19.3 Å². The van der Waals surface area contributed by atoms with Crippen molar-refractivity contribution in [1.82, 2.24) is 0 Å². The molecule has 1 saturated carbocycles. The molecular weight excluding hydrogens is 220 g/mol. The van der Waals surface area contributed by atoms with Gasteiger partial charge in [-0.1, -0.05) is 25.8 Å². The smallest absolute Gasteiger partial charge is 0.332 e. The largest absolute Gasteiger partial charge is 0.430 e. The van der Waals surface area contributed by atoms with Crippen LogP contribution in [0.4, 0.5) is 0 Å². The maximum Gasteiger partial charge on any atom is 0.332 e. The summed E-state index contributed by atoms with van der Waals surface area (Å²) in [5, 5.41) is 0. The molecule has 17 heavy (non-hydrogen) atoms. The fourth-order valence-corrected chi connectivity index (χ4v) is 2.64. The predicted octanol–water partition coefficient (Wildman–Crippen LogP) is 2.39. The second-order valence-electron chi connectivity index (χ2n) is 4.85. The highest BCUT2D eigenvalue weighted by Crippen LogP contribution is 2.39. The third kappa shape index (κ3) is 2.87. The summed E-state index contributed by atoms with van der Waals surface area (Å²) in [7, 11) is 0. The lowest BCUT2D eigenvalue weighted by molar-refractivity contribution is -0.228. The number of esters is 1. The fourth-order valence-electron chi connectivity index (χ4n) is 2.64. The van der Waals surface area contributed by atoms with Crippen molar-refractivity contribution in [2.45, 2.75) is 51.1 Å². The standard InChI is InChI=1S/C13H20O4/c1-3-11(14)16-12-9-15-13(2,17-12)10-7-5-4-6-8-10/h3,10,12H,1,4-9H2,2H3. The number of hydrogen-bond acceptors (Lipinski definition) is 4. The first kappa shape index (κ1) is 12.6. The van der Waals surface area contributed by atoms with Gasteiger partial charge < -0.3 is 14.2 Å². The highest BCUT2D eigenvalue weighted by molar-refractivity contribution is 5.81. The van der Waals surface area contributed by atoms with Crippen LogP contribution >= 0.6 is 0 Å². The van der Waals surface area contributed by atoms with Crippen molar-refractivity contribution in [2.24, 2.45) is 5.92 Å². The van der Waals surface area contributed by atoms with E-state index in [4.69, 9.17) is 14.2 Å². The molecule has 0 spiro atoms. The van der Waals surface area contributed by atoms with Gasteiger partial charge in [0.05, 0.1) is 0 Å². The van der Waals surface area contributed by atoms with Gasteiger partial charge in [0, 0.05) is 12.0 Å². The third-order valence-corrected chi connectivity index (χ3v) is 3.63. The zero-order valence-electron chi connectivity index (χ0n) is 10.3. The fraction of sp³-hybridized carbons (Fsp3) is 0.769. The lowest BCUT2D eigenvalue weighted by Gasteiger charge is -2.34. The average Bonchev–Trinajstić information content (AvgIpc) is 2.73. The van der Waals surface area contributed by atoms with E-state index in [1.807, 2.05) is 6.92 Å². The van der Waals surface area contributed by atoms with E-state index in [0.29, 0.717) is 12.5 Å². The van der Waals surface area contributed by atoms with Crippen LogP contribution < -0.4 is 0 Å². The quantitative estimate of drug-likeness (QED) is 0.561. The van der Waals surface area contributed by atoms with Crippen molar-refractivity contribution in [3.8, 4) is 0 Å². The van der Waals surface area contributed by atoms with Crippen LogP contribution in [0.3, 0.4) is 0 Å². The molecule has 0 N–H and O–H groups in total. The third-order valence-electron chi connectivity index (χ3n) is 3.63. The molecule has 2 atom stereocenters. The van der Waals surface area contributed by atoms with Gasteiger partial charge in [0.1, 0.15) is 6.61 Å². The summed E-state index contributed by atoms with van der Waals surface area (Å²) < 4.78 is 16.5. The Hall–Kier alpha value is -0.870. The Balaban J connectivity index is 1.90. The van der Waals surface area contributed by atoms with Crippen molar-refractivity contribution in [1.29, 1.82) is 0 Å². The van der Waals surface area contributed by atoms with Gasteiger partial charge in [-0.3, -0.25) is 0 Å². The normalized spacial score (nSPS) is 34.5. The van der Waals surface area contributed by atoms with Crippen LogP contribution in [0.25, 0.3) is 0 Å². The van der Waals surface area contributed by atoms with E-state index in [2.05, 4.69) is 6.58 Å². The summed E-state index contributed by atoms with van der Waals surface area (Å²) in [6, 6.07) is 0. The topological polar surface area (TPSA) is 44.8 Å². The molecule has 96 valence electrons. The van der Waals surface area contributed by atoms with Gasteiger partial charge in [-0.2, -0.15) is 0 Å². The van der Waals surface area contributed by atoms with Crippen molar-refractivity contribution in [2.75, 3.05) is 6.61 Å². The van der Waals surface area contributed by atoms with Crippen LogP contribution in [-0.2, 0) is 19.0 Å². The molecular formula is C13H20O4. The molecule has 0 radical (unpaired) electrons. The minimum atomic E-state index is -0.591. The molecule has 1 saturated heterocycles. The van der Waals surface area contributed by atoms with Crippen LogP contribution in [0.15, 0.2) is 12.7 Å². The lowest BCUT2D eigenvalue weighted by Crippen LogP contribution is -2.38. The molecule has 2 fully saturated rings. The lowest BCUT2D eigenvalue weighted by atomic mass is 9.84. The zero-order chi connectivity index (χ0) is 12.3. The van der Waals surface area contributed by atoms with Crippen LogP contribution in [0.1, 0.15) is 39.0 Å². The van der Waals surface area contributed by atoms with Crippen molar-refractivity contribution >= 4 is 5.97 Å². The molecule has 1 heterocycles. The number of ether oxygens (including phenoxy) is 3. The monoisotopic (exact) mass is 240 g/mol. The van der Waals surface area contributed by atoms with Gasteiger partial charge >= 0.3 is 5.97 Å². The minimum Gasteiger partial charge on any atom is -0.430 e. The molecule has 0 aromatic heterocycles. The molecule has 0 aromatic rings. The summed E-state index contributed by atoms with van der Waals surface area (Å²) in [6.07, 6.45) is 6.54. The Labute approximate surface area is 102 Å². The van der Waals surface area contributed by atoms with Crippen LogP contribution in [0, 0.1) is 5.92 Å². The SMILES string of the molecule is C=CC(=O)OC1COC(C)(C2CCCCC2)O1. The first-order chi connectivity index (χ1) is 8.14. The number of hydrogen-bond donors (Lipinski definition) is 0. The molecule has 1 aliphatic heterocycles. The second-order valence-corrected chi connectivity index (χ2v) is 4.85. The van der Waals surface area contributed by atoms with Gasteiger partial charge in [-0.05, 0) is 19.8 Å². The van der Waals surface area contributed by atoms with E-state index in [-0.39, 0.29) is 0 Å². The molecule has 2 unspecified atom stereocenters. The summed E-state index contributed by atoms with van der Waals surface area (Å²) in [4.78, 5) is 11.1. The summed E-state index contributed by atoms with van der Waals surface area (Å²) in [6.45, 7) is 5.62. The number of carbonyl (C=O) groups excluding carboxylic acids is 1. The van der Waals surface area contributed by atoms with Crippen LogP contribution in [0.5, 0.6) is 0 Å². The Bertz CT molecular complexity index is 296. The Morgan fingerprint density at radius 1 is 1.41 bits per heavy atom. The Morgan fingerprint density at radius 3 is 2.76 bits per heavy atom. The summed E-state index contributed by atoms with van der Waals surface area (Å²) >= 11 is 0. The molecule has 4 heteroatoms. The zero-order valence-corrected chi connectivity index (χ0v) is 10.3. The molecule has 2 rings (SSSR count). The van der Waals surface area contributed by atoms with E-state index in [1.54, 1.807) is 0 Å². The van der Waals surface area contributed by atoms with Gasteiger partial charge in [0.2, 0.25) is 6.29 Å². The highest BCUT2D eigenvalue weighted by Gasteiger charge is 2.45. The first-order valence-electron chi connectivity index (χ1n) is 6.29. The van der Waals surface area contributed by atoms with Crippen molar-refractivity contribution in [3.63, 3.8) is 0 Å². The molecule has 0 aromatic carbocycles. The molecule has 0 bridgehead atoms. The Kier molecular flexibility index (Phi) is 3.84. The van der Waals surface area contributed by atoms with Gasteiger partial charge in [-0.15, -0.1) is 0 Å². The number of rotatable bonds is 3. The molecule has 2 aliphatic rings. The van der Waals surface area contributed by atoms with E-state index in [9.17, 15) is 4.79 Å². The molecule has 4 nitrogen and oxygen atoms in total. The predicted molar refractivity (Wildman–Crippen MR) is 62.1 cm³/mol. The van der Waals surface area contributed by atoms with Crippen molar-refractivity contribution in [3.05, 3.63) is 12.7 Å². The Morgan fingerprint density at radius 2 is 2.12 bits per heavy atom. The van der Waals surface area contributed by atoms with E-state index < -0.39 is 18.0 Å². The van der Waals surface area contributed by atoms with Crippen LogP contribution in [0.2, 0.25) is 0 Å². The summed E-state index contributed by atoms with van der Waals surface area (Å²) in [5.41, 5.74) is 0. The number of carbonyl (C=O) groups is 1. The van der Waals surface area contributed by atoms with Crippen molar-refractivity contribution < 1.29 is 19.0 Å². The summed E-state index contributed by atoms with van der Waals surface area (Å²) in [5.74, 6) is -0.651. The molecule has 1 aliphatic carbocycles. The molecule has 0 amide bonds. The van der Waals surface area contributed by atoms with Crippen LogP contribution in [-0.4, -0.2) is 24.7 Å². The van der Waals surface area contributed by atoms with Gasteiger partial charge in [0.15, 0.2) is 5.79 Å². The van der Waals surface area contributed by atoms with E-state index >= 15 is 0 Å². The van der Waals surface area contributed by atoms with Gasteiger partial charge in [-0.25, -0.2) is 4.79 Å². The van der Waals surface area contributed by atoms with Gasteiger partial charge in [0.25, 0.3) is 0 Å². The first-order valence-corrected chi connectivity index (χ1v) is 6.29. The maximum atomic E-state index is 11.1. The second kappa shape index (κ2) is 5.19. The average molecular weight is 240 g/mol.